The number of nitrogens with zero attached hydrogens (tertiary/aromatic N) is 1. The van der Waals surface area contributed by atoms with Crippen LogP contribution in [0, 0.1) is 0 Å². The lowest BCUT2D eigenvalue weighted by Crippen LogP contribution is -1.87. The van der Waals surface area contributed by atoms with Gasteiger partial charge in [-0.3, -0.25) is 5.10 Å². The first kappa shape index (κ1) is 12.5. The Balaban J connectivity index is 2.21. The summed E-state index contributed by atoms with van der Waals surface area (Å²) in [5, 5.41) is 10.2. The molecule has 0 fully saturated rings. The Bertz CT molecular complexity index is 720. The van der Waals surface area contributed by atoms with Gasteiger partial charge in [0.25, 0.3) is 0 Å². The molecule has 3 nitrogen and oxygen atoms in total. The summed E-state index contributed by atoms with van der Waals surface area (Å²) in [5.74, 6) is 0.462. The number of aromatic amines is 1. The van der Waals surface area contributed by atoms with Crippen molar-refractivity contribution in [3.63, 3.8) is 0 Å². The number of nitrogens with two attached hydrogens (primary N) is 1. The number of hydrogen-bond acceptors (Lipinski definition) is 3. The van der Waals surface area contributed by atoms with Crippen LogP contribution in [0.2, 0.25) is 10.0 Å². The van der Waals surface area contributed by atoms with E-state index < -0.39 is 0 Å². The van der Waals surface area contributed by atoms with Gasteiger partial charge in [0, 0.05) is 15.5 Å². The Morgan fingerprint density at radius 1 is 1.21 bits per heavy atom. The maximum absolute atomic E-state index is 6.24. The highest BCUT2D eigenvalue weighted by atomic mass is 35.5. The van der Waals surface area contributed by atoms with E-state index in [1.807, 2.05) is 23.6 Å². The Morgan fingerprint density at radius 2 is 2.05 bits per heavy atom. The van der Waals surface area contributed by atoms with E-state index in [1.165, 1.54) is 0 Å². The smallest absolute Gasteiger partial charge is 0.154 e. The third-order valence-electron chi connectivity index (χ3n) is 2.76. The summed E-state index contributed by atoms with van der Waals surface area (Å²) >= 11 is 13.8. The van der Waals surface area contributed by atoms with Gasteiger partial charge in [0.15, 0.2) is 5.82 Å². The van der Waals surface area contributed by atoms with Crippen LogP contribution in [0.25, 0.3) is 21.7 Å². The van der Waals surface area contributed by atoms with Crippen molar-refractivity contribution in [2.75, 3.05) is 5.73 Å². The molecule has 0 aliphatic carbocycles. The van der Waals surface area contributed by atoms with E-state index in [1.54, 1.807) is 23.5 Å². The number of H-pyrrole nitrogens is 1. The van der Waals surface area contributed by atoms with Crippen molar-refractivity contribution >= 4 is 40.4 Å². The van der Waals surface area contributed by atoms with Crippen LogP contribution in [-0.2, 0) is 0 Å². The summed E-state index contributed by atoms with van der Waals surface area (Å²) in [5.41, 5.74) is 8.46. The summed E-state index contributed by atoms with van der Waals surface area (Å²) in [6, 6.07) is 9.32. The molecule has 0 bridgehead atoms. The Hall–Kier alpha value is -1.49. The molecule has 0 aliphatic rings. The van der Waals surface area contributed by atoms with Gasteiger partial charge in [-0.1, -0.05) is 29.3 Å². The van der Waals surface area contributed by atoms with Crippen molar-refractivity contribution in [2.45, 2.75) is 0 Å². The van der Waals surface area contributed by atoms with Crippen molar-refractivity contribution in [3.05, 3.63) is 45.8 Å². The predicted octanol–water partition coefficient (Wildman–Crippen LogP) is 4.69. The number of rotatable bonds is 2. The molecular formula is C13H9Cl2N3S. The molecule has 0 radical (unpaired) electrons. The number of benzene rings is 1. The van der Waals surface area contributed by atoms with E-state index in [4.69, 9.17) is 28.9 Å². The Kier molecular flexibility index (Phi) is 3.22. The standard InChI is InChI=1S/C13H9Cl2N3S/c14-7-3-4-8(9(15)6-7)12-11(13(16)18-17-12)10-2-1-5-19-10/h1-6H,(H3,16,17,18). The fraction of sp³-hybridized carbons (Fsp3) is 0. The molecule has 19 heavy (non-hydrogen) atoms. The van der Waals surface area contributed by atoms with Gasteiger partial charge in [0.05, 0.1) is 16.3 Å². The lowest BCUT2D eigenvalue weighted by molar-refractivity contribution is 1.10. The average molecular weight is 310 g/mol. The molecule has 0 atom stereocenters. The van der Waals surface area contributed by atoms with Crippen molar-refractivity contribution in [2.24, 2.45) is 0 Å². The first-order valence-electron chi connectivity index (χ1n) is 5.50. The summed E-state index contributed by atoms with van der Waals surface area (Å²) in [7, 11) is 0. The minimum Gasteiger partial charge on any atom is -0.382 e. The Labute approximate surface area is 124 Å². The fourth-order valence-electron chi connectivity index (χ4n) is 1.91. The van der Waals surface area contributed by atoms with Crippen molar-refractivity contribution in [1.29, 1.82) is 0 Å². The third kappa shape index (κ3) is 2.23. The van der Waals surface area contributed by atoms with Crippen LogP contribution in [0.1, 0.15) is 0 Å². The molecule has 0 saturated carbocycles. The van der Waals surface area contributed by atoms with Crippen LogP contribution in [-0.4, -0.2) is 10.2 Å². The van der Waals surface area contributed by atoms with Crippen LogP contribution in [0.5, 0.6) is 0 Å². The van der Waals surface area contributed by atoms with E-state index in [0.29, 0.717) is 15.9 Å². The maximum Gasteiger partial charge on any atom is 0.154 e. The molecule has 2 heterocycles. The van der Waals surface area contributed by atoms with Gasteiger partial charge in [-0.15, -0.1) is 11.3 Å². The SMILES string of the molecule is Nc1n[nH]c(-c2ccc(Cl)cc2Cl)c1-c1cccs1. The van der Waals surface area contributed by atoms with E-state index in [9.17, 15) is 0 Å². The topological polar surface area (TPSA) is 54.7 Å². The molecule has 2 aromatic heterocycles. The molecular weight excluding hydrogens is 301 g/mol. The maximum atomic E-state index is 6.24. The molecule has 96 valence electrons. The molecule has 6 heteroatoms. The van der Waals surface area contributed by atoms with Crippen molar-refractivity contribution in [1.82, 2.24) is 10.2 Å². The number of nitrogen functional groups attached to an aromatic ring is 1. The average Bonchev–Trinajstić information content (AvgIpc) is 2.98. The zero-order valence-electron chi connectivity index (χ0n) is 9.65. The number of halogens is 2. The number of thiophene rings is 1. The number of nitrogens with one attached hydrogen (secondary N) is 1. The van der Waals surface area contributed by atoms with E-state index >= 15 is 0 Å². The molecule has 1 aromatic carbocycles. The number of aromatic nitrogens is 2. The largest absolute Gasteiger partial charge is 0.382 e. The molecule has 3 aromatic rings. The van der Waals surface area contributed by atoms with Crippen LogP contribution >= 0.6 is 34.5 Å². The fourth-order valence-corrected chi connectivity index (χ4v) is 3.20. The number of anilines is 1. The van der Waals surface area contributed by atoms with E-state index in [0.717, 1.165) is 21.7 Å². The van der Waals surface area contributed by atoms with Crippen molar-refractivity contribution < 1.29 is 0 Å². The summed E-state index contributed by atoms with van der Waals surface area (Å²) in [4.78, 5) is 1.05. The molecule has 0 aliphatic heterocycles. The summed E-state index contributed by atoms with van der Waals surface area (Å²) in [6.45, 7) is 0. The van der Waals surface area contributed by atoms with Crippen LogP contribution in [0.3, 0.4) is 0 Å². The highest BCUT2D eigenvalue weighted by Gasteiger charge is 2.17. The molecule has 3 rings (SSSR count). The Morgan fingerprint density at radius 3 is 2.74 bits per heavy atom. The monoisotopic (exact) mass is 309 g/mol. The summed E-state index contributed by atoms with van der Waals surface area (Å²) < 4.78 is 0. The van der Waals surface area contributed by atoms with Crippen molar-refractivity contribution in [3.8, 4) is 21.7 Å². The van der Waals surface area contributed by atoms with Crippen LogP contribution in [0.15, 0.2) is 35.7 Å². The van der Waals surface area contributed by atoms with E-state index in [2.05, 4.69) is 10.2 Å². The lowest BCUT2D eigenvalue weighted by atomic mass is 10.1. The van der Waals surface area contributed by atoms with Crippen LogP contribution < -0.4 is 5.73 Å². The van der Waals surface area contributed by atoms with Gasteiger partial charge >= 0.3 is 0 Å². The van der Waals surface area contributed by atoms with E-state index in [-0.39, 0.29) is 0 Å². The lowest BCUT2D eigenvalue weighted by Gasteiger charge is -2.05. The van der Waals surface area contributed by atoms with Gasteiger partial charge in [-0.2, -0.15) is 5.10 Å². The number of hydrogen-bond donors (Lipinski definition) is 2. The van der Waals surface area contributed by atoms with Gasteiger partial charge in [0.1, 0.15) is 0 Å². The second kappa shape index (κ2) is 4.89. The second-order valence-electron chi connectivity index (χ2n) is 3.96. The van der Waals surface area contributed by atoms with Gasteiger partial charge in [-0.25, -0.2) is 0 Å². The first-order chi connectivity index (χ1) is 9.16. The third-order valence-corrected chi connectivity index (χ3v) is 4.20. The van der Waals surface area contributed by atoms with Crippen LogP contribution in [0.4, 0.5) is 5.82 Å². The zero-order valence-corrected chi connectivity index (χ0v) is 12.0. The van der Waals surface area contributed by atoms with Gasteiger partial charge < -0.3 is 5.73 Å². The zero-order chi connectivity index (χ0) is 13.4. The second-order valence-corrected chi connectivity index (χ2v) is 5.75. The molecule has 0 spiro atoms. The molecule has 0 saturated heterocycles. The molecule has 3 N–H and O–H groups in total. The first-order valence-corrected chi connectivity index (χ1v) is 7.13. The quantitative estimate of drug-likeness (QED) is 0.721. The highest BCUT2D eigenvalue weighted by molar-refractivity contribution is 7.13. The molecule has 0 unspecified atom stereocenters. The highest BCUT2D eigenvalue weighted by Crippen LogP contribution is 2.40. The minimum absolute atomic E-state index is 0.462. The molecule has 0 amide bonds. The minimum atomic E-state index is 0.462. The van der Waals surface area contributed by atoms with Gasteiger partial charge in [0.2, 0.25) is 0 Å². The summed E-state index contributed by atoms with van der Waals surface area (Å²) in [6.07, 6.45) is 0. The van der Waals surface area contributed by atoms with Gasteiger partial charge in [-0.05, 0) is 29.6 Å². The predicted molar refractivity (Wildman–Crippen MR) is 81.8 cm³/mol. The normalized spacial score (nSPS) is 10.8.